The third-order valence-corrected chi connectivity index (χ3v) is 4.12. The highest BCUT2D eigenvalue weighted by Gasteiger charge is 2.48. The van der Waals surface area contributed by atoms with Crippen molar-refractivity contribution in [2.75, 3.05) is 0 Å². The van der Waals surface area contributed by atoms with Gasteiger partial charge >= 0.3 is 12.1 Å². The molecule has 0 aliphatic carbocycles. The largest absolute Gasteiger partial charge is 0.461 e. The molecule has 2 amide bonds. The molecule has 2 rings (SSSR count). The molecule has 29 heavy (non-hydrogen) atoms. The van der Waals surface area contributed by atoms with Crippen molar-refractivity contribution in [3.63, 3.8) is 0 Å². The fraction of sp³-hybridized carbons (Fsp3) is 0.286. The second kappa shape index (κ2) is 9.36. The molecule has 0 heterocycles. The van der Waals surface area contributed by atoms with E-state index >= 15 is 0 Å². The zero-order valence-electron chi connectivity index (χ0n) is 15.9. The Hall–Kier alpha value is -3.16. The number of alkyl halides is 3. The van der Waals surface area contributed by atoms with Gasteiger partial charge in [-0.2, -0.15) is 13.2 Å². The number of carbonyl (C=O) groups excluding carboxylic acids is 3. The van der Waals surface area contributed by atoms with Crippen molar-refractivity contribution < 1.29 is 32.3 Å². The van der Waals surface area contributed by atoms with E-state index in [4.69, 9.17) is 4.74 Å². The quantitative estimate of drug-likeness (QED) is 0.678. The van der Waals surface area contributed by atoms with Gasteiger partial charge in [0.15, 0.2) is 0 Å². The third-order valence-electron chi connectivity index (χ3n) is 4.12. The molecule has 0 radical (unpaired) electrons. The van der Waals surface area contributed by atoms with Crippen molar-refractivity contribution >= 4 is 17.8 Å². The minimum atomic E-state index is -5.00. The Morgan fingerprint density at radius 1 is 1.03 bits per heavy atom. The summed E-state index contributed by atoms with van der Waals surface area (Å²) in [6.45, 7) is 2.30. The molecule has 0 bridgehead atoms. The highest BCUT2D eigenvalue weighted by atomic mass is 19.4. The Labute approximate surface area is 166 Å². The van der Waals surface area contributed by atoms with Crippen LogP contribution < -0.4 is 0 Å². The first-order chi connectivity index (χ1) is 13.6. The molecule has 0 aliphatic rings. The number of nitrogens with zero attached hydrogens (tertiary/aromatic N) is 1. The SMILES string of the molecule is CC(=O)N(C(=O)c1cccc(C)c1)C(CC(=O)OCc1ccccc1)C(F)(F)F. The zero-order valence-corrected chi connectivity index (χ0v) is 15.9. The first-order valence-electron chi connectivity index (χ1n) is 8.76. The molecule has 5 nitrogen and oxygen atoms in total. The summed E-state index contributed by atoms with van der Waals surface area (Å²) in [5.41, 5.74) is 1.17. The molecule has 1 atom stereocenters. The summed E-state index contributed by atoms with van der Waals surface area (Å²) in [5.74, 6) is -3.41. The molecular weight excluding hydrogens is 387 g/mol. The number of ether oxygens (including phenoxy) is 1. The van der Waals surface area contributed by atoms with Crippen molar-refractivity contribution in [1.29, 1.82) is 0 Å². The number of carbonyl (C=O) groups is 3. The smallest absolute Gasteiger partial charge is 0.409 e. The predicted octanol–water partition coefficient (Wildman–Crippen LogP) is 4.05. The minimum absolute atomic E-state index is 0.0680. The van der Waals surface area contributed by atoms with E-state index in [9.17, 15) is 27.6 Å². The molecule has 2 aromatic rings. The Morgan fingerprint density at radius 2 is 1.69 bits per heavy atom. The first kappa shape index (κ1) is 22.1. The van der Waals surface area contributed by atoms with Gasteiger partial charge in [0.1, 0.15) is 12.6 Å². The lowest BCUT2D eigenvalue weighted by Gasteiger charge is -2.30. The van der Waals surface area contributed by atoms with E-state index in [2.05, 4.69) is 0 Å². The summed E-state index contributed by atoms with van der Waals surface area (Å²) in [4.78, 5) is 36.7. The van der Waals surface area contributed by atoms with Crippen molar-refractivity contribution in [2.24, 2.45) is 0 Å². The van der Waals surface area contributed by atoms with Crippen LogP contribution in [0.2, 0.25) is 0 Å². The average Bonchev–Trinajstić information content (AvgIpc) is 2.65. The van der Waals surface area contributed by atoms with Crippen LogP contribution >= 0.6 is 0 Å². The maximum absolute atomic E-state index is 13.7. The molecular formula is C21H20F3NO4. The normalized spacial score (nSPS) is 12.2. The van der Waals surface area contributed by atoms with Crippen LogP contribution in [-0.4, -0.2) is 34.9 Å². The standard InChI is InChI=1S/C21H20F3NO4/c1-14-7-6-10-17(11-14)20(28)25(15(2)26)18(21(22,23)24)12-19(27)29-13-16-8-4-3-5-9-16/h3-11,18H,12-13H2,1-2H3. The molecule has 0 saturated carbocycles. The lowest BCUT2D eigenvalue weighted by Crippen LogP contribution is -2.52. The minimum Gasteiger partial charge on any atom is -0.461 e. The topological polar surface area (TPSA) is 63.7 Å². The monoisotopic (exact) mass is 407 g/mol. The summed E-state index contributed by atoms with van der Waals surface area (Å²) in [7, 11) is 0. The number of imide groups is 1. The molecule has 1 unspecified atom stereocenters. The number of amides is 2. The number of benzene rings is 2. The molecule has 8 heteroatoms. The molecule has 0 fully saturated rings. The van der Waals surface area contributed by atoms with Gasteiger partial charge in [-0.15, -0.1) is 0 Å². The highest BCUT2D eigenvalue weighted by molar-refractivity contribution is 6.04. The van der Waals surface area contributed by atoms with Crippen molar-refractivity contribution in [3.8, 4) is 0 Å². The van der Waals surface area contributed by atoms with Gasteiger partial charge < -0.3 is 4.74 Å². The number of esters is 1. The molecule has 0 spiro atoms. The summed E-state index contributed by atoms with van der Waals surface area (Å²) >= 11 is 0. The van der Waals surface area contributed by atoms with E-state index < -0.39 is 36.4 Å². The van der Waals surface area contributed by atoms with Gasteiger partial charge in [-0.25, -0.2) is 0 Å². The Morgan fingerprint density at radius 3 is 2.24 bits per heavy atom. The van der Waals surface area contributed by atoms with E-state index in [-0.39, 0.29) is 17.1 Å². The molecule has 0 aromatic heterocycles. The van der Waals surface area contributed by atoms with Gasteiger partial charge in [-0.05, 0) is 24.6 Å². The van der Waals surface area contributed by atoms with Crippen LogP contribution in [0.3, 0.4) is 0 Å². The fourth-order valence-corrected chi connectivity index (χ4v) is 2.73. The molecule has 0 aliphatic heterocycles. The van der Waals surface area contributed by atoms with Crippen LogP contribution in [0.4, 0.5) is 13.2 Å². The second-order valence-electron chi connectivity index (χ2n) is 6.47. The summed E-state index contributed by atoms with van der Waals surface area (Å²) in [6.07, 6.45) is -6.19. The van der Waals surface area contributed by atoms with Crippen LogP contribution in [0.5, 0.6) is 0 Å². The number of hydrogen-bond donors (Lipinski definition) is 0. The number of aryl methyl sites for hydroxylation is 1. The van der Waals surface area contributed by atoms with Gasteiger partial charge in [-0.1, -0.05) is 48.0 Å². The maximum atomic E-state index is 13.7. The van der Waals surface area contributed by atoms with E-state index in [1.165, 1.54) is 18.2 Å². The Bertz CT molecular complexity index is 881. The lowest BCUT2D eigenvalue weighted by molar-refractivity contribution is -0.189. The third kappa shape index (κ3) is 6.17. The average molecular weight is 407 g/mol. The van der Waals surface area contributed by atoms with Crippen molar-refractivity contribution in [1.82, 2.24) is 4.90 Å². The van der Waals surface area contributed by atoms with Crippen LogP contribution in [-0.2, 0) is 20.9 Å². The Balaban J connectivity index is 2.22. The first-order valence-corrected chi connectivity index (χ1v) is 8.76. The zero-order chi connectivity index (χ0) is 21.6. The highest BCUT2D eigenvalue weighted by Crippen LogP contribution is 2.29. The molecule has 0 saturated heterocycles. The Kier molecular flexibility index (Phi) is 7.14. The maximum Gasteiger partial charge on any atom is 0.409 e. The van der Waals surface area contributed by atoms with E-state index in [1.54, 1.807) is 43.3 Å². The summed E-state index contributed by atoms with van der Waals surface area (Å²) in [5, 5.41) is 0. The van der Waals surface area contributed by atoms with E-state index in [0.29, 0.717) is 11.1 Å². The predicted molar refractivity (Wildman–Crippen MR) is 98.7 cm³/mol. The molecule has 154 valence electrons. The van der Waals surface area contributed by atoms with Crippen LogP contribution in [0.15, 0.2) is 54.6 Å². The molecule has 0 N–H and O–H groups in total. The van der Waals surface area contributed by atoms with Crippen LogP contribution in [0, 0.1) is 6.92 Å². The van der Waals surface area contributed by atoms with Gasteiger partial charge in [0, 0.05) is 12.5 Å². The van der Waals surface area contributed by atoms with Gasteiger partial charge in [0.05, 0.1) is 6.42 Å². The van der Waals surface area contributed by atoms with Crippen LogP contribution in [0.25, 0.3) is 0 Å². The second-order valence-corrected chi connectivity index (χ2v) is 6.47. The summed E-state index contributed by atoms with van der Waals surface area (Å²) in [6, 6.07) is 11.7. The van der Waals surface area contributed by atoms with Crippen LogP contribution in [0.1, 0.15) is 34.8 Å². The van der Waals surface area contributed by atoms with Crippen molar-refractivity contribution in [3.05, 3.63) is 71.3 Å². The van der Waals surface area contributed by atoms with Gasteiger partial charge in [0.2, 0.25) is 5.91 Å². The van der Waals surface area contributed by atoms with Crippen molar-refractivity contribution in [2.45, 2.75) is 39.1 Å². The van der Waals surface area contributed by atoms with E-state index in [0.717, 1.165) is 6.92 Å². The fourth-order valence-electron chi connectivity index (χ4n) is 2.73. The van der Waals surface area contributed by atoms with Gasteiger partial charge in [-0.3, -0.25) is 19.3 Å². The molecule has 2 aromatic carbocycles. The van der Waals surface area contributed by atoms with Gasteiger partial charge in [0.25, 0.3) is 5.91 Å². The van der Waals surface area contributed by atoms with E-state index in [1.807, 2.05) is 0 Å². The number of halogens is 3. The summed E-state index contributed by atoms with van der Waals surface area (Å²) < 4.78 is 45.9. The number of hydrogen-bond acceptors (Lipinski definition) is 4. The number of rotatable bonds is 6. The lowest BCUT2D eigenvalue weighted by atomic mass is 10.1.